The van der Waals surface area contributed by atoms with E-state index in [1.165, 1.54) is 12.5 Å². The number of carbonyl (C=O) groups excluding carboxylic acids is 2. The maximum Gasteiger partial charge on any atom is 0.254 e. The lowest BCUT2D eigenvalue weighted by Crippen LogP contribution is -2.33. The van der Waals surface area contributed by atoms with Crippen molar-refractivity contribution >= 4 is 11.8 Å². The van der Waals surface area contributed by atoms with Gasteiger partial charge in [-0.05, 0) is 17.2 Å². The van der Waals surface area contributed by atoms with Gasteiger partial charge in [0, 0.05) is 13.0 Å². The van der Waals surface area contributed by atoms with Crippen LogP contribution in [-0.2, 0) is 4.79 Å². The van der Waals surface area contributed by atoms with E-state index in [0.29, 0.717) is 5.56 Å². The Labute approximate surface area is 152 Å². The number of hydrogen-bond donors (Lipinski definition) is 2. The molecule has 132 valence electrons. The molecule has 1 aromatic heterocycles. The van der Waals surface area contributed by atoms with Crippen LogP contribution in [0.25, 0.3) is 0 Å². The van der Waals surface area contributed by atoms with Crippen molar-refractivity contribution in [3.8, 4) is 0 Å². The van der Waals surface area contributed by atoms with E-state index >= 15 is 0 Å². The predicted molar refractivity (Wildman–Crippen MR) is 98.5 cm³/mol. The summed E-state index contributed by atoms with van der Waals surface area (Å²) in [7, 11) is 0. The fourth-order valence-electron chi connectivity index (χ4n) is 2.67. The molecule has 0 aliphatic rings. The van der Waals surface area contributed by atoms with Crippen molar-refractivity contribution in [3.63, 3.8) is 0 Å². The number of amides is 2. The van der Waals surface area contributed by atoms with Crippen LogP contribution in [0.4, 0.5) is 0 Å². The van der Waals surface area contributed by atoms with Gasteiger partial charge in [0.15, 0.2) is 0 Å². The van der Waals surface area contributed by atoms with E-state index in [0.717, 1.165) is 11.1 Å². The van der Waals surface area contributed by atoms with Gasteiger partial charge in [0.25, 0.3) is 5.91 Å². The minimum atomic E-state index is -0.255. The lowest BCUT2D eigenvalue weighted by Gasteiger charge is -2.20. The molecule has 0 fully saturated rings. The minimum Gasteiger partial charge on any atom is -0.472 e. The summed E-state index contributed by atoms with van der Waals surface area (Å²) < 4.78 is 4.87. The molecule has 0 atom stereocenters. The van der Waals surface area contributed by atoms with Gasteiger partial charge in [-0.25, -0.2) is 0 Å². The van der Waals surface area contributed by atoms with Gasteiger partial charge in [0.2, 0.25) is 5.91 Å². The van der Waals surface area contributed by atoms with Crippen LogP contribution in [-0.4, -0.2) is 18.4 Å². The van der Waals surface area contributed by atoms with Gasteiger partial charge in [0.05, 0.1) is 17.9 Å². The van der Waals surface area contributed by atoms with Gasteiger partial charge >= 0.3 is 0 Å². The second kappa shape index (κ2) is 8.67. The molecule has 0 aliphatic heterocycles. The Kier molecular flexibility index (Phi) is 5.83. The number of furan rings is 1. The highest BCUT2D eigenvalue weighted by molar-refractivity contribution is 5.94. The van der Waals surface area contributed by atoms with Crippen molar-refractivity contribution in [2.75, 3.05) is 6.54 Å². The van der Waals surface area contributed by atoms with Crippen LogP contribution in [0.5, 0.6) is 0 Å². The van der Waals surface area contributed by atoms with Gasteiger partial charge in [-0.1, -0.05) is 60.7 Å². The van der Waals surface area contributed by atoms with Crippen LogP contribution in [0.1, 0.15) is 33.9 Å². The topological polar surface area (TPSA) is 71.3 Å². The molecule has 5 nitrogen and oxygen atoms in total. The highest BCUT2D eigenvalue weighted by Crippen LogP contribution is 2.21. The van der Waals surface area contributed by atoms with Gasteiger partial charge in [-0.2, -0.15) is 0 Å². The normalized spacial score (nSPS) is 10.5. The quantitative estimate of drug-likeness (QED) is 0.688. The molecule has 2 amide bonds. The van der Waals surface area contributed by atoms with Gasteiger partial charge in [0.1, 0.15) is 6.26 Å². The average molecular weight is 348 g/mol. The second-order valence-electron chi connectivity index (χ2n) is 5.84. The third kappa shape index (κ3) is 4.60. The first-order valence-electron chi connectivity index (χ1n) is 8.43. The van der Waals surface area contributed by atoms with E-state index in [-0.39, 0.29) is 30.8 Å². The Morgan fingerprint density at radius 1 is 0.885 bits per heavy atom. The molecule has 0 spiro atoms. The summed E-state index contributed by atoms with van der Waals surface area (Å²) in [6.07, 6.45) is 3.00. The highest BCUT2D eigenvalue weighted by Gasteiger charge is 2.16. The summed E-state index contributed by atoms with van der Waals surface area (Å²) in [6.45, 7) is 0.256. The van der Waals surface area contributed by atoms with Crippen molar-refractivity contribution in [3.05, 3.63) is 95.9 Å². The fourth-order valence-corrected chi connectivity index (χ4v) is 2.67. The lowest BCUT2D eigenvalue weighted by molar-refractivity contribution is -0.121. The van der Waals surface area contributed by atoms with E-state index in [1.54, 1.807) is 6.07 Å². The van der Waals surface area contributed by atoms with Crippen molar-refractivity contribution in [1.29, 1.82) is 0 Å². The molecule has 0 unspecified atom stereocenters. The molecular formula is C21H20N2O3. The van der Waals surface area contributed by atoms with Crippen molar-refractivity contribution in [2.45, 2.75) is 12.5 Å². The summed E-state index contributed by atoms with van der Waals surface area (Å²) in [4.78, 5) is 24.2. The smallest absolute Gasteiger partial charge is 0.254 e. The van der Waals surface area contributed by atoms with E-state index in [4.69, 9.17) is 4.42 Å². The van der Waals surface area contributed by atoms with E-state index < -0.39 is 0 Å². The largest absolute Gasteiger partial charge is 0.472 e. The van der Waals surface area contributed by atoms with Crippen molar-refractivity contribution in [2.24, 2.45) is 0 Å². The van der Waals surface area contributed by atoms with E-state index in [2.05, 4.69) is 10.6 Å². The van der Waals surface area contributed by atoms with Gasteiger partial charge in [-0.3, -0.25) is 9.59 Å². The zero-order chi connectivity index (χ0) is 18.2. The summed E-state index contributed by atoms with van der Waals surface area (Å²) in [5, 5.41) is 5.76. The van der Waals surface area contributed by atoms with E-state index in [9.17, 15) is 9.59 Å². The maximum absolute atomic E-state index is 12.4. The molecule has 0 saturated heterocycles. The SMILES string of the molecule is O=C(CCNC(=O)c1ccoc1)NC(c1ccccc1)c1ccccc1. The molecule has 3 rings (SSSR count). The summed E-state index contributed by atoms with van der Waals surface area (Å²) in [5.74, 6) is -0.385. The maximum atomic E-state index is 12.4. The first-order chi connectivity index (χ1) is 12.7. The fraction of sp³-hybridized carbons (Fsp3) is 0.143. The highest BCUT2D eigenvalue weighted by atomic mass is 16.3. The number of carbonyl (C=O) groups is 2. The van der Waals surface area contributed by atoms with Crippen LogP contribution in [0, 0.1) is 0 Å². The molecule has 3 aromatic rings. The molecule has 0 bridgehead atoms. The molecule has 26 heavy (non-hydrogen) atoms. The van der Waals surface area contributed by atoms with Crippen molar-refractivity contribution in [1.82, 2.24) is 10.6 Å². The number of hydrogen-bond acceptors (Lipinski definition) is 3. The van der Waals surface area contributed by atoms with Crippen LogP contribution in [0.3, 0.4) is 0 Å². The second-order valence-corrected chi connectivity index (χ2v) is 5.84. The summed E-state index contributed by atoms with van der Waals surface area (Å²) in [5.41, 5.74) is 2.46. The Bertz CT molecular complexity index is 791. The molecule has 0 aliphatic carbocycles. The van der Waals surface area contributed by atoms with Crippen LogP contribution in [0.15, 0.2) is 83.7 Å². The predicted octanol–water partition coefficient (Wildman–Crippen LogP) is 3.31. The number of nitrogens with one attached hydrogen (secondary N) is 2. The van der Waals surface area contributed by atoms with Crippen LogP contribution in [0.2, 0.25) is 0 Å². The lowest BCUT2D eigenvalue weighted by atomic mass is 9.98. The molecule has 2 N–H and O–H groups in total. The monoisotopic (exact) mass is 348 g/mol. The third-order valence-corrected chi connectivity index (χ3v) is 3.99. The summed E-state index contributed by atoms with van der Waals surface area (Å²) >= 11 is 0. The minimum absolute atomic E-state index is 0.129. The Balaban J connectivity index is 1.60. The zero-order valence-electron chi connectivity index (χ0n) is 14.2. The molecule has 1 heterocycles. The Hall–Kier alpha value is -3.34. The first kappa shape index (κ1) is 17.5. The van der Waals surface area contributed by atoms with Gasteiger partial charge < -0.3 is 15.1 Å². The standard InChI is InChI=1S/C21H20N2O3/c24-19(11-13-22-21(25)18-12-14-26-15-18)23-20(16-7-3-1-4-8-16)17-9-5-2-6-10-17/h1-10,12,14-15,20H,11,13H2,(H,22,25)(H,23,24). The first-order valence-corrected chi connectivity index (χ1v) is 8.43. The molecular weight excluding hydrogens is 328 g/mol. The molecule has 5 heteroatoms. The summed E-state index contributed by atoms with van der Waals surface area (Å²) in [6, 6.07) is 21.0. The molecule has 0 saturated carbocycles. The van der Waals surface area contributed by atoms with Crippen molar-refractivity contribution < 1.29 is 14.0 Å². The third-order valence-electron chi connectivity index (χ3n) is 3.99. The number of rotatable bonds is 7. The van der Waals surface area contributed by atoms with Crippen LogP contribution < -0.4 is 10.6 Å². The zero-order valence-corrected chi connectivity index (χ0v) is 14.2. The van der Waals surface area contributed by atoms with E-state index in [1.807, 2.05) is 60.7 Å². The number of benzene rings is 2. The average Bonchev–Trinajstić information content (AvgIpc) is 3.22. The Morgan fingerprint density at radius 2 is 1.50 bits per heavy atom. The van der Waals surface area contributed by atoms with Crippen LogP contribution >= 0.6 is 0 Å². The Morgan fingerprint density at radius 3 is 2.04 bits per heavy atom. The molecule has 0 radical (unpaired) electrons. The van der Waals surface area contributed by atoms with Gasteiger partial charge in [-0.15, -0.1) is 0 Å². The molecule has 2 aromatic carbocycles.